The zero-order valence-corrected chi connectivity index (χ0v) is 7.64. The van der Waals surface area contributed by atoms with E-state index in [-0.39, 0.29) is 11.4 Å². The second-order valence-corrected chi connectivity index (χ2v) is 2.80. The number of nitro groups is 1. The van der Waals surface area contributed by atoms with Crippen LogP contribution in [0.15, 0.2) is 18.2 Å². The van der Waals surface area contributed by atoms with Gasteiger partial charge in [-0.1, -0.05) is 0 Å². The Kier molecular flexibility index (Phi) is 2.88. The first-order chi connectivity index (χ1) is 6.50. The number of rotatable bonds is 3. The molecule has 0 saturated heterocycles. The van der Waals surface area contributed by atoms with Crippen LogP contribution in [0, 0.1) is 10.1 Å². The summed E-state index contributed by atoms with van der Waals surface area (Å²) >= 11 is 0. The molecule has 0 aliphatic rings. The van der Waals surface area contributed by atoms with Gasteiger partial charge in [0, 0.05) is 0 Å². The molecule has 0 saturated carbocycles. The van der Waals surface area contributed by atoms with Crippen LogP contribution in [-0.4, -0.2) is 11.2 Å². The molecule has 0 radical (unpaired) electrons. The summed E-state index contributed by atoms with van der Waals surface area (Å²) in [5.74, 6) is 0.334. The molecule has 1 rings (SSSR count). The molecule has 0 aliphatic carbocycles. The fraction of sp³-hybridized carbons (Fsp3) is 0.250. The van der Waals surface area contributed by atoms with E-state index in [0.717, 1.165) is 0 Å². The van der Waals surface area contributed by atoms with E-state index in [1.165, 1.54) is 18.2 Å². The summed E-state index contributed by atoms with van der Waals surface area (Å²) < 4.78 is 5.08. The summed E-state index contributed by atoms with van der Waals surface area (Å²) in [6.07, 6.45) is -0.516. The van der Waals surface area contributed by atoms with Crippen LogP contribution in [0.2, 0.25) is 0 Å². The highest BCUT2D eigenvalue weighted by molar-refractivity contribution is 5.60. The summed E-state index contributed by atoms with van der Waals surface area (Å²) in [7, 11) is 0. The summed E-state index contributed by atoms with van der Waals surface area (Å²) in [5.41, 5.74) is 10.7. The lowest BCUT2D eigenvalue weighted by Crippen LogP contribution is -2.22. The van der Waals surface area contributed by atoms with Gasteiger partial charge in [-0.05, 0) is 19.1 Å². The minimum Gasteiger partial charge on any atom is -0.476 e. The number of hydrogen-bond donors (Lipinski definition) is 2. The van der Waals surface area contributed by atoms with Crippen molar-refractivity contribution in [3.63, 3.8) is 0 Å². The number of benzene rings is 1. The topological polar surface area (TPSA) is 104 Å². The molecule has 0 bridgehead atoms. The van der Waals surface area contributed by atoms with Crippen molar-refractivity contribution in [3.05, 3.63) is 28.3 Å². The monoisotopic (exact) mass is 197 g/mol. The number of nitrogens with two attached hydrogens (primary N) is 2. The van der Waals surface area contributed by atoms with Crippen molar-refractivity contribution in [2.24, 2.45) is 5.73 Å². The Balaban J connectivity index is 3.00. The van der Waals surface area contributed by atoms with Crippen molar-refractivity contribution in [2.45, 2.75) is 13.2 Å². The van der Waals surface area contributed by atoms with Crippen LogP contribution in [0.3, 0.4) is 0 Å². The minimum atomic E-state index is -0.566. The fourth-order valence-corrected chi connectivity index (χ4v) is 0.970. The summed E-state index contributed by atoms with van der Waals surface area (Å²) in [5, 5.41) is 10.5. The van der Waals surface area contributed by atoms with Crippen LogP contribution in [-0.2, 0) is 0 Å². The maximum absolute atomic E-state index is 10.5. The van der Waals surface area contributed by atoms with E-state index in [0.29, 0.717) is 5.75 Å². The molecule has 0 aliphatic heterocycles. The van der Waals surface area contributed by atoms with Gasteiger partial charge in [-0.15, -0.1) is 0 Å². The Labute approximate surface area is 80.6 Å². The summed E-state index contributed by atoms with van der Waals surface area (Å²) in [6, 6.07) is 4.19. The van der Waals surface area contributed by atoms with Crippen molar-refractivity contribution < 1.29 is 9.66 Å². The van der Waals surface area contributed by atoms with Gasteiger partial charge in [0.1, 0.15) is 17.7 Å². The van der Waals surface area contributed by atoms with Gasteiger partial charge in [0.15, 0.2) is 0 Å². The van der Waals surface area contributed by atoms with Gasteiger partial charge in [-0.25, -0.2) is 0 Å². The summed E-state index contributed by atoms with van der Waals surface area (Å²) in [4.78, 5) is 9.93. The molecule has 6 heteroatoms. The number of nitrogens with zero attached hydrogens (tertiary/aromatic N) is 1. The smallest absolute Gasteiger partial charge is 0.295 e. The maximum Gasteiger partial charge on any atom is 0.295 e. The molecule has 0 aromatic heterocycles. The normalized spacial score (nSPS) is 12.1. The minimum absolute atomic E-state index is 0.104. The first kappa shape index (κ1) is 10.3. The standard InChI is InChI=1S/C8H11N3O3/c1-5(9)14-6-2-3-7(10)8(4-6)11(12)13/h2-5H,9-10H2,1H3. The number of anilines is 1. The highest BCUT2D eigenvalue weighted by atomic mass is 16.6. The molecule has 14 heavy (non-hydrogen) atoms. The van der Waals surface area contributed by atoms with E-state index in [9.17, 15) is 10.1 Å². The Bertz CT molecular complexity index is 352. The van der Waals surface area contributed by atoms with Crippen LogP contribution in [0.4, 0.5) is 11.4 Å². The molecule has 1 aromatic rings. The van der Waals surface area contributed by atoms with E-state index in [1.54, 1.807) is 6.92 Å². The SMILES string of the molecule is CC(N)Oc1ccc(N)c([N+](=O)[O-])c1. The highest BCUT2D eigenvalue weighted by Gasteiger charge is 2.12. The molecular weight excluding hydrogens is 186 g/mol. The first-order valence-electron chi connectivity index (χ1n) is 3.97. The molecular formula is C8H11N3O3. The molecule has 0 spiro atoms. The average molecular weight is 197 g/mol. The molecule has 1 aromatic carbocycles. The van der Waals surface area contributed by atoms with Gasteiger partial charge in [-0.3, -0.25) is 15.8 Å². The fourth-order valence-electron chi connectivity index (χ4n) is 0.970. The number of nitro benzene ring substituents is 1. The van der Waals surface area contributed by atoms with E-state index in [4.69, 9.17) is 16.2 Å². The Hall–Kier alpha value is -1.82. The molecule has 0 amide bonds. The second-order valence-electron chi connectivity index (χ2n) is 2.80. The van der Waals surface area contributed by atoms with Crippen LogP contribution in [0.5, 0.6) is 5.75 Å². The number of ether oxygens (including phenoxy) is 1. The third-order valence-corrected chi connectivity index (χ3v) is 1.52. The Morgan fingerprint density at radius 3 is 2.71 bits per heavy atom. The van der Waals surface area contributed by atoms with Gasteiger partial charge in [0.05, 0.1) is 11.0 Å². The lowest BCUT2D eigenvalue weighted by Gasteiger charge is -2.09. The van der Waals surface area contributed by atoms with Gasteiger partial charge in [0.2, 0.25) is 0 Å². The molecule has 76 valence electrons. The molecule has 6 nitrogen and oxygen atoms in total. The molecule has 1 unspecified atom stereocenters. The van der Waals surface area contributed by atoms with Crippen molar-refractivity contribution in [3.8, 4) is 5.75 Å². The van der Waals surface area contributed by atoms with E-state index in [1.807, 2.05) is 0 Å². The largest absolute Gasteiger partial charge is 0.476 e. The number of nitrogen functional groups attached to an aromatic ring is 1. The molecule has 0 heterocycles. The van der Waals surface area contributed by atoms with Crippen molar-refractivity contribution >= 4 is 11.4 Å². The van der Waals surface area contributed by atoms with Crippen LogP contribution in [0.1, 0.15) is 6.92 Å². The Morgan fingerprint density at radius 2 is 2.21 bits per heavy atom. The van der Waals surface area contributed by atoms with Crippen LogP contribution >= 0.6 is 0 Å². The predicted molar refractivity (Wildman–Crippen MR) is 51.8 cm³/mol. The van der Waals surface area contributed by atoms with Crippen molar-refractivity contribution in [1.82, 2.24) is 0 Å². The zero-order valence-electron chi connectivity index (χ0n) is 7.64. The zero-order chi connectivity index (χ0) is 10.7. The van der Waals surface area contributed by atoms with Crippen molar-refractivity contribution in [1.29, 1.82) is 0 Å². The van der Waals surface area contributed by atoms with Crippen molar-refractivity contribution in [2.75, 3.05) is 5.73 Å². The van der Waals surface area contributed by atoms with E-state index in [2.05, 4.69) is 0 Å². The van der Waals surface area contributed by atoms with Gasteiger partial charge < -0.3 is 10.5 Å². The maximum atomic E-state index is 10.5. The first-order valence-corrected chi connectivity index (χ1v) is 3.97. The molecule has 4 N–H and O–H groups in total. The molecule has 1 atom stereocenters. The van der Waals surface area contributed by atoms with E-state index >= 15 is 0 Å². The van der Waals surface area contributed by atoms with Gasteiger partial charge in [0.25, 0.3) is 5.69 Å². The second kappa shape index (κ2) is 3.93. The van der Waals surface area contributed by atoms with E-state index < -0.39 is 11.2 Å². The third kappa shape index (κ3) is 2.33. The molecule has 0 fully saturated rings. The highest BCUT2D eigenvalue weighted by Crippen LogP contribution is 2.26. The average Bonchev–Trinajstić information content (AvgIpc) is 2.07. The van der Waals surface area contributed by atoms with Gasteiger partial charge in [-0.2, -0.15) is 0 Å². The summed E-state index contributed by atoms with van der Waals surface area (Å²) in [6.45, 7) is 1.63. The van der Waals surface area contributed by atoms with Crippen LogP contribution in [0.25, 0.3) is 0 Å². The van der Waals surface area contributed by atoms with Crippen LogP contribution < -0.4 is 16.2 Å². The van der Waals surface area contributed by atoms with Gasteiger partial charge >= 0.3 is 0 Å². The lowest BCUT2D eigenvalue weighted by atomic mass is 10.2. The lowest BCUT2D eigenvalue weighted by molar-refractivity contribution is -0.384. The number of hydrogen-bond acceptors (Lipinski definition) is 5. The third-order valence-electron chi connectivity index (χ3n) is 1.52. The Morgan fingerprint density at radius 1 is 1.57 bits per heavy atom. The predicted octanol–water partition coefficient (Wildman–Crippen LogP) is 0.861. The quantitative estimate of drug-likeness (QED) is 0.323.